The van der Waals surface area contributed by atoms with Gasteiger partial charge in [-0.2, -0.15) is 5.26 Å². The lowest BCUT2D eigenvalue weighted by atomic mass is 10.2. The molecule has 1 amide bonds. The third-order valence-electron chi connectivity index (χ3n) is 2.79. The number of carbonyl (C=O) groups is 1. The normalized spacial score (nSPS) is 10.8. The Kier molecular flexibility index (Phi) is 6.28. The maximum atomic E-state index is 12.1. The molecule has 4 nitrogen and oxygen atoms in total. The highest BCUT2D eigenvalue weighted by Gasteiger charge is 2.12. The first-order valence-corrected chi connectivity index (χ1v) is 8.22. The molecule has 0 spiro atoms. The van der Waals surface area contributed by atoms with Crippen LogP contribution in [0.15, 0.2) is 54.2 Å². The first kappa shape index (κ1) is 17.6. The summed E-state index contributed by atoms with van der Waals surface area (Å²) in [7, 11) is 0. The fourth-order valence-corrected chi connectivity index (χ4v) is 2.35. The molecule has 0 saturated heterocycles. The second-order valence-electron chi connectivity index (χ2n) is 4.38. The van der Waals surface area contributed by atoms with Gasteiger partial charge in [-0.25, -0.2) is 0 Å². The zero-order valence-corrected chi connectivity index (χ0v) is 15.3. The molecule has 2 rings (SSSR count). The monoisotopic (exact) mass is 457 g/mol. The smallest absolute Gasteiger partial charge is 0.267 e. The van der Waals surface area contributed by atoms with Gasteiger partial charge in [0.05, 0.1) is 15.7 Å². The van der Waals surface area contributed by atoms with E-state index in [-0.39, 0.29) is 10.6 Å². The molecule has 0 aliphatic rings. The summed E-state index contributed by atoms with van der Waals surface area (Å²) < 4.78 is 1.09. The Balaban J connectivity index is 2.12. The number of amides is 1. The van der Waals surface area contributed by atoms with E-state index in [1.54, 1.807) is 18.2 Å². The van der Waals surface area contributed by atoms with Gasteiger partial charge in [0.2, 0.25) is 0 Å². The van der Waals surface area contributed by atoms with E-state index < -0.39 is 5.91 Å². The molecule has 0 atom stereocenters. The number of anilines is 2. The molecule has 0 aliphatic carbocycles. The lowest BCUT2D eigenvalue weighted by Crippen LogP contribution is -2.14. The van der Waals surface area contributed by atoms with Crippen molar-refractivity contribution in [3.8, 4) is 6.07 Å². The Hall–Kier alpha value is -1.75. The highest BCUT2D eigenvalue weighted by molar-refractivity contribution is 14.1. The fourth-order valence-electron chi connectivity index (χ4n) is 1.64. The molecule has 0 radical (unpaired) electrons. The Bertz CT molecular complexity index is 798. The van der Waals surface area contributed by atoms with Gasteiger partial charge in [-0.15, -0.1) is 0 Å². The van der Waals surface area contributed by atoms with Gasteiger partial charge in [0.1, 0.15) is 11.6 Å². The molecule has 0 heterocycles. The predicted molar refractivity (Wildman–Crippen MR) is 102 cm³/mol. The van der Waals surface area contributed by atoms with Crippen molar-refractivity contribution in [2.24, 2.45) is 0 Å². The number of nitrogens with zero attached hydrogens (tertiary/aromatic N) is 1. The summed E-state index contributed by atoms with van der Waals surface area (Å²) in [5.74, 6) is -0.574. The first-order valence-electron chi connectivity index (χ1n) is 6.39. The van der Waals surface area contributed by atoms with Crippen LogP contribution in [-0.2, 0) is 4.79 Å². The number of halogens is 3. The number of nitrogens with one attached hydrogen (secondary N) is 2. The summed E-state index contributed by atoms with van der Waals surface area (Å²) in [6.45, 7) is 0. The highest BCUT2D eigenvalue weighted by atomic mass is 127. The van der Waals surface area contributed by atoms with Crippen LogP contribution in [0.2, 0.25) is 10.0 Å². The van der Waals surface area contributed by atoms with E-state index in [9.17, 15) is 4.79 Å². The van der Waals surface area contributed by atoms with Crippen molar-refractivity contribution >= 4 is 63.1 Å². The third kappa shape index (κ3) is 4.86. The minimum Gasteiger partial charge on any atom is -0.360 e. The van der Waals surface area contributed by atoms with Gasteiger partial charge in [-0.3, -0.25) is 4.79 Å². The van der Waals surface area contributed by atoms with Crippen molar-refractivity contribution < 1.29 is 4.79 Å². The molecule has 0 bridgehead atoms. The second kappa shape index (κ2) is 8.20. The minimum atomic E-state index is -0.574. The Morgan fingerprint density at radius 1 is 1.17 bits per heavy atom. The maximum absolute atomic E-state index is 12.1. The third-order valence-corrected chi connectivity index (χ3v) is 4.33. The van der Waals surface area contributed by atoms with E-state index in [1.807, 2.05) is 30.3 Å². The van der Waals surface area contributed by atoms with Gasteiger partial charge in [-0.05, 0) is 59.0 Å². The largest absolute Gasteiger partial charge is 0.360 e. The molecule has 0 saturated carbocycles. The van der Waals surface area contributed by atoms with Crippen LogP contribution in [0.1, 0.15) is 0 Å². The molecule has 0 aliphatic heterocycles. The summed E-state index contributed by atoms with van der Waals surface area (Å²) >= 11 is 14.1. The summed E-state index contributed by atoms with van der Waals surface area (Å²) in [5, 5.41) is 15.2. The molecule has 2 aromatic carbocycles. The molecule has 23 heavy (non-hydrogen) atoms. The van der Waals surface area contributed by atoms with Crippen molar-refractivity contribution in [3.63, 3.8) is 0 Å². The van der Waals surface area contributed by atoms with Crippen molar-refractivity contribution in [2.45, 2.75) is 0 Å². The number of hydrogen-bond acceptors (Lipinski definition) is 3. The van der Waals surface area contributed by atoms with Gasteiger partial charge in [0.25, 0.3) is 5.91 Å². The summed E-state index contributed by atoms with van der Waals surface area (Å²) in [5.41, 5.74) is 1.03. The van der Waals surface area contributed by atoms with Gasteiger partial charge in [0, 0.05) is 15.5 Å². The SMILES string of the molecule is N#C/C(=C/Nc1ccc(I)cc1)C(=O)Nc1cccc(Cl)c1Cl. The average molecular weight is 458 g/mol. The van der Waals surface area contributed by atoms with Gasteiger partial charge in [0.15, 0.2) is 0 Å². The minimum absolute atomic E-state index is 0.0837. The molecule has 0 fully saturated rings. The van der Waals surface area contributed by atoms with Crippen LogP contribution in [0.25, 0.3) is 0 Å². The Morgan fingerprint density at radius 2 is 1.87 bits per heavy atom. The predicted octanol–water partition coefficient (Wildman–Crippen LogP) is 5.06. The standard InChI is InChI=1S/C16H10Cl2IN3O/c17-13-2-1-3-14(15(13)18)22-16(23)10(8-20)9-21-12-6-4-11(19)5-7-12/h1-7,9,21H,(H,22,23)/b10-9-. The Labute approximate surface area is 157 Å². The first-order chi connectivity index (χ1) is 11.0. The van der Waals surface area contributed by atoms with Crippen LogP contribution in [0, 0.1) is 14.9 Å². The molecule has 2 N–H and O–H groups in total. The van der Waals surface area contributed by atoms with Crippen LogP contribution in [0.5, 0.6) is 0 Å². The summed E-state index contributed by atoms with van der Waals surface area (Å²) in [6.07, 6.45) is 1.34. The van der Waals surface area contributed by atoms with Crippen LogP contribution in [0.3, 0.4) is 0 Å². The zero-order chi connectivity index (χ0) is 16.8. The van der Waals surface area contributed by atoms with Gasteiger partial charge >= 0.3 is 0 Å². The van der Waals surface area contributed by atoms with Crippen molar-refractivity contribution in [2.75, 3.05) is 10.6 Å². The lowest BCUT2D eigenvalue weighted by molar-refractivity contribution is -0.112. The van der Waals surface area contributed by atoms with Crippen molar-refractivity contribution in [3.05, 3.63) is 67.9 Å². The summed E-state index contributed by atoms with van der Waals surface area (Å²) in [4.78, 5) is 12.1. The number of nitriles is 1. The quantitative estimate of drug-likeness (QED) is 0.383. The van der Waals surface area contributed by atoms with E-state index in [0.29, 0.717) is 10.7 Å². The van der Waals surface area contributed by atoms with E-state index in [0.717, 1.165) is 9.26 Å². The molecule has 0 aromatic heterocycles. The van der Waals surface area contributed by atoms with Crippen LogP contribution < -0.4 is 10.6 Å². The Morgan fingerprint density at radius 3 is 2.52 bits per heavy atom. The topological polar surface area (TPSA) is 64.9 Å². The van der Waals surface area contributed by atoms with E-state index >= 15 is 0 Å². The number of benzene rings is 2. The number of hydrogen-bond donors (Lipinski definition) is 2. The summed E-state index contributed by atoms with van der Waals surface area (Å²) in [6, 6.07) is 14.2. The van der Waals surface area contributed by atoms with E-state index in [1.165, 1.54) is 6.20 Å². The lowest BCUT2D eigenvalue weighted by Gasteiger charge is -2.08. The molecule has 116 valence electrons. The zero-order valence-electron chi connectivity index (χ0n) is 11.6. The van der Waals surface area contributed by atoms with Gasteiger partial charge in [-0.1, -0.05) is 29.3 Å². The molecule has 0 unspecified atom stereocenters. The van der Waals surface area contributed by atoms with Crippen LogP contribution in [0.4, 0.5) is 11.4 Å². The fraction of sp³-hybridized carbons (Fsp3) is 0. The van der Waals surface area contributed by atoms with Crippen molar-refractivity contribution in [1.82, 2.24) is 0 Å². The average Bonchev–Trinajstić information content (AvgIpc) is 2.54. The number of carbonyl (C=O) groups excluding carboxylic acids is 1. The highest BCUT2D eigenvalue weighted by Crippen LogP contribution is 2.29. The number of rotatable bonds is 4. The molecular weight excluding hydrogens is 448 g/mol. The van der Waals surface area contributed by atoms with Gasteiger partial charge < -0.3 is 10.6 Å². The van der Waals surface area contributed by atoms with E-state index in [2.05, 4.69) is 33.2 Å². The van der Waals surface area contributed by atoms with Crippen molar-refractivity contribution in [1.29, 1.82) is 5.26 Å². The van der Waals surface area contributed by atoms with E-state index in [4.69, 9.17) is 28.5 Å². The second-order valence-corrected chi connectivity index (χ2v) is 6.41. The molecule has 7 heteroatoms. The van der Waals surface area contributed by atoms with Crippen LogP contribution in [-0.4, -0.2) is 5.91 Å². The van der Waals surface area contributed by atoms with Crippen LogP contribution >= 0.6 is 45.8 Å². The maximum Gasteiger partial charge on any atom is 0.267 e. The molecular formula is C16H10Cl2IN3O. The molecule has 2 aromatic rings.